The number of nitrogens with two attached hydrogens (primary N) is 1. The Labute approximate surface area is 184 Å². The van der Waals surface area contributed by atoms with E-state index in [-0.39, 0.29) is 23.3 Å². The molecular formula is C25H35N3O3. The number of rotatable bonds is 5. The van der Waals surface area contributed by atoms with Gasteiger partial charge in [-0.1, -0.05) is 18.2 Å². The van der Waals surface area contributed by atoms with Crippen LogP contribution in [-0.4, -0.2) is 48.6 Å². The van der Waals surface area contributed by atoms with E-state index in [4.69, 9.17) is 10.5 Å². The van der Waals surface area contributed by atoms with Crippen LogP contribution in [0.3, 0.4) is 0 Å². The standard InChI is InChI=1S/C25H35N3O3/c1-15-4-3-5-18(16(15)2)13-28-6-7-31-21(14-28)23(29)27-22-19-8-17-9-20(22)12-25(10-17,11-19)24(26)30/h3-5,17,19-22H,6-14H2,1-2H3,(H2,26,30)(H,27,29)/t17?,19?,20?,21-,22?,25?/m1/s1. The van der Waals surface area contributed by atoms with E-state index in [1.165, 1.54) is 16.7 Å². The van der Waals surface area contributed by atoms with Crippen molar-refractivity contribution in [2.45, 2.75) is 64.6 Å². The molecule has 5 fully saturated rings. The van der Waals surface area contributed by atoms with Gasteiger partial charge >= 0.3 is 0 Å². The van der Waals surface area contributed by atoms with Crippen molar-refractivity contribution >= 4 is 11.8 Å². The van der Waals surface area contributed by atoms with Crippen molar-refractivity contribution in [2.75, 3.05) is 19.7 Å². The molecule has 3 N–H and O–H groups in total. The zero-order valence-corrected chi connectivity index (χ0v) is 18.7. The zero-order chi connectivity index (χ0) is 21.8. The van der Waals surface area contributed by atoms with Crippen LogP contribution in [0.2, 0.25) is 0 Å². The Morgan fingerprint density at radius 3 is 2.65 bits per heavy atom. The van der Waals surface area contributed by atoms with E-state index in [0.29, 0.717) is 30.9 Å². The Morgan fingerprint density at radius 2 is 1.94 bits per heavy atom. The first-order valence-corrected chi connectivity index (χ1v) is 11.8. The lowest BCUT2D eigenvalue weighted by Gasteiger charge is -2.59. The summed E-state index contributed by atoms with van der Waals surface area (Å²) in [4.78, 5) is 27.7. The predicted octanol–water partition coefficient (Wildman–Crippen LogP) is 2.30. The largest absolute Gasteiger partial charge is 0.369 e. The summed E-state index contributed by atoms with van der Waals surface area (Å²) in [5.74, 6) is 1.22. The number of hydrogen-bond acceptors (Lipinski definition) is 4. The quantitative estimate of drug-likeness (QED) is 0.758. The molecule has 0 spiro atoms. The van der Waals surface area contributed by atoms with Crippen molar-refractivity contribution in [3.8, 4) is 0 Å². The van der Waals surface area contributed by atoms with Crippen LogP contribution in [0.4, 0.5) is 0 Å². The number of primary amides is 1. The number of nitrogens with zero attached hydrogens (tertiary/aromatic N) is 1. The van der Waals surface area contributed by atoms with Crippen LogP contribution >= 0.6 is 0 Å². The first-order chi connectivity index (χ1) is 14.8. The molecule has 4 saturated carbocycles. The highest BCUT2D eigenvalue weighted by atomic mass is 16.5. The first-order valence-electron chi connectivity index (χ1n) is 11.8. The molecule has 5 aliphatic rings. The number of hydrogen-bond donors (Lipinski definition) is 2. The summed E-state index contributed by atoms with van der Waals surface area (Å²) >= 11 is 0. The van der Waals surface area contributed by atoms with Crippen LogP contribution in [-0.2, 0) is 20.9 Å². The summed E-state index contributed by atoms with van der Waals surface area (Å²) in [6.45, 7) is 7.19. The van der Waals surface area contributed by atoms with Gasteiger partial charge < -0.3 is 15.8 Å². The lowest BCUT2D eigenvalue weighted by molar-refractivity contribution is -0.151. The molecule has 1 aromatic carbocycles. The van der Waals surface area contributed by atoms with Gasteiger partial charge in [-0.15, -0.1) is 0 Å². The number of aryl methyl sites for hydroxylation is 1. The van der Waals surface area contributed by atoms with E-state index in [0.717, 1.165) is 45.2 Å². The molecule has 4 bridgehead atoms. The Morgan fingerprint density at radius 1 is 1.19 bits per heavy atom. The van der Waals surface area contributed by atoms with Crippen LogP contribution in [0, 0.1) is 37.0 Å². The number of morpholine rings is 1. The fourth-order valence-electron chi connectivity index (χ4n) is 7.05. The number of amides is 2. The van der Waals surface area contributed by atoms with Gasteiger partial charge in [0.1, 0.15) is 6.10 Å². The van der Waals surface area contributed by atoms with Crippen LogP contribution in [0.15, 0.2) is 18.2 Å². The third kappa shape index (κ3) is 3.78. The molecule has 4 aliphatic carbocycles. The van der Waals surface area contributed by atoms with E-state index in [1.807, 2.05) is 0 Å². The van der Waals surface area contributed by atoms with Gasteiger partial charge in [0.05, 0.1) is 6.61 Å². The molecule has 1 heterocycles. The van der Waals surface area contributed by atoms with Gasteiger partial charge in [-0.25, -0.2) is 0 Å². The number of ether oxygens (including phenoxy) is 1. The fourth-order valence-corrected chi connectivity index (χ4v) is 7.05. The molecule has 6 nitrogen and oxygen atoms in total. The average molecular weight is 426 g/mol. The molecule has 2 unspecified atom stereocenters. The van der Waals surface area contributed by atoms with Crippen molar-refractivity contribution in [3.05, 3.63) is 34.9 Å². The average Bonchev–Trinajstić information content (AvgIpc) is 2.73. The minimum atomic E-state index is -0.429. The normalized spacial score (nSPS) is 37.0. The van der Waals surface area contributed by atoms with Gasteiger partial charge in [0.25, 0.3) is 5.91 Å². The molecule has 168 valence electrons. The molecule has 1 aromatic rings. The Kier molecular flexibility index (Phi) is 5.33. The third-order valence-corrected chi connectivity index (χ3v) is 8.66. The highest BCUT2D eigenvalue weighted by Gasteiger charge is 2.58. The van der Waals surface area contributed by atoms with Gasteiger partial charge in [-0.2, -0.15) is 0 Å². The highest BCUT2D eigenvalue weighted by molar-refractivity contribution is 5.83. The number of carbonyl (C=O) groups excluding carboxylic acids is 2. The van der Waals surface area contributed by atoms with Gasteiger partial charge in [-0.05, 0) is 80.4 Å². The van der Waals surface area contributed by atoms with Crippen molar-refractivity contribution in [1.82, 2.24) is 10.2 Å². The Bertz CT molecular complexity index is 869. The molecule has 3 atom stereocenters. The van der Waals surface area contributed by atoms with Crippen molar-refractivity contribution in [2.24, 2.45) is 28.9 Å². The molecule has 6 heteroatoms. The van der Waals surface area contributed by atoms with Gasteiger partial charge in [0, 0.05) is 31.1 Å². The molecule has 2 amide bonds. The number of benzene rings is 1. The lowest BCUT2D eigenvalue weighted by atomic mass is 9.47. The highest BCUT2D eigenvalue weighted by Crippen LogP contribution is 2.59. The lowest BCUT2D eigenvalue weighted by Crippen LogP contribution is -2.63. The summed E-state index contributed by atoms with van der Waals surface area (Å²) in [5.41, 5.74) is 9.43. The summed E-state index contributed by atoms with van der Waals surface area (Å²) in [7, 11) is 0. The van der Waals surface area contributed by atoms with Crippen molar-refractivity contribution in [3.63, 3.8) is 0 Å². The Balaban J connectivity index is 1.22. The maximum Gasteiger partial charge on any atom is 0.250 e. The molecule has 31 heavy (non-hydrogen) atoms. The number of carbonyl (C=O) groups is 2. The van der Waals surface area contributed by atoms with E-state index >= 15 is 0 Å². The Hall–Kier alpha value is -1.92. The van der Waals surface area contributed by atoms with Gasteiger partial charge in [0.2, 0.25) is 5.91 Å². The van der Waals surface area contributed by atoms with E-state index in [1.54, 1.807) is 0 Å². The molecule has 0 aromatic heterocycles. The molecular weight excluding hydrogens is 390 g/mol. The fraction of sp³-hybridized carbons (Fsp3) is 0.680. The minimum absolute atomic E-state index is 0.0104. The second kappa shape index (κ2) is 7.89. The summed E-state index contributed by atoms with van der Waals surface area (Å²) in [6, 6.07) is 6.58. The van der Waals surface area contributed by atoms with E-state index in [2.05, 4.69) is 42.3 Å². The van der Waals surface area contributed by atoms with Crippen LogP contribution in [0.1, 0.15) is 48.8 Å². The summed E-state index contributed by atoms with van der Waals surface area (Å²) in [5, 5.41) is 3.35. The van der Waals surface area contributed by atoms with Crippen LogP contribution in [0.25, 0.3) is 0 Å². The summed E-state index contributed by atoms with van der Waals surface area (Å²) in [6.07, 6.45) is 4.42. The molecule has 6 rings (SSSR count). The molecule has 1 aliphatic heterocycles. The van der Waals surface area contributed by atoms with Crippen molar-refractivity contribution in [1.29, 1.82) is 0 Å². The maximum atomic E-state index is 13.2. The monoisotopic (exact) mass is 425 g/mol. The first kappa shape index (κ1) is 21.0. The second-order valence-electron chi connectivity index (χ2n) is 10.6. The number of nitrogens with one attached hydrogen (secondary N) is 1. The minimum Gasteiger partial charge on any atom is -0.369 e. The molecule has 1 saturated heterocycles. The van der Waals surface area contributed by atoms with Crippen LogP contribution < -0.4 is 11.1 Å². The molecule has 0 radical (unpaired) electrons. The smallest absolute Gasteiger partial charge is 0.250 e. The van der Waals surface area contributed by atoms with Gasteiger partial charge in [-0.3, -0.25) is 14.5 Å². The van der Waals surface area contributed by atoms with E-state index < -0.39 is 6.10 Å². The second-order valence-corrected chi connectivity index (χ2v) is 10.6. The van der Waals surface area contributed by atoms with Crippen molar-refractivity contribution < 1.29 is 14.3 Å². The van der Waals surface area contributed by atoms with Crippen LogP contribution in [0.5, 0.6) is 0 Å². The topological polar surface area (TPSA) is 84.7 Å². The van der Waals surface area contributed by atoms with Gasteiger partial charge in [0.15, 0.2) is 0 Å². The zero-order valence-electron chi connectivity index (χ0n) is 18.7. The third-order valence-electron chi connectivity index (χ3n) is 8.66. The summed E-state index contributed by atoms with van der Waals surface area (Å²) < 4.78 is 5.89. The maximum absolute atomic E-state index is 13.2. The SMILES string of the molecule is Cc1cccc(CN2CCO[C@@H](C(=O)NC3C4CC5CC3CC(C(N)=O)(C5)C4)C2)c1C. The van der Waals surface area contributed by atoms with E-state index in [9.17, 15) is 9.59 Å². The predicted molar refractivity (Wildman–Crippen MR) is 118 cm³/mol.